The number of nitrogens with two attached hydrogens (primary N) is 1. The van der Waals surface area contributed by atoms with Crippen molar-refractivity contribution in [1.82, 2.24) is 19.3 Å². The molecule has 1 aliphatic heterocycles. The molecule has 7 heteroatoms. The highest BCUT2D eigenvalue weighted by molar-refractivity contribution is 5.73. The van der Waals surface area contributed by atoms with Crippen molar-refractivity contribution in [3.8, 4) is 0 Å². The fraction of sp³-hybridized carbons (Fsp3) is 0.438. The summed E-state index contributed by atoms with van der Waals surface area (Å²) >= 11 is 0. The molecule has 0 atom stereocenters. The zero-order valence-electron chi connectivity index (χ0n) is 13.6. The van der Waals surface area contributed by atoms with Crippen LogP contribution in [0.5, 0.6) is 0 Å². The molecule has 0 aliphatic carbocycles. The van der Waals surface area contributed by atoms with Crippen LogP contribution in [0.1, 0.15) is 32.9 Å². The number of imidazole rings is 1. The van der Waals surface area contributed by atoms with E-state index in [0.29, 0.717) is 24.6 Å². The Morgan fingerprint density at radius 3 is 2.78 bits per heavy atom. The van der Waals surface area contributed by atoms with Crippen molar-refractivity contribution in [3.05, 3.63) is 30.4 Å². The number of rotatable bonds is 1. The summed E-state index contributed by atoms with van der Waals surface area (Å²) in [5.74, 6) is 0.408. The first-order valence-corrected chi connectivity index (χ1v) is 7.60. The first-order valence-electron chi connectivity index (χ1n) is 7.60. The number of carbonyl (C=O) groups excluding carboxylic acids is 1. The zero-order valence-corrected chi connectivity index (χ0v) is 13.6. The van der Waals surface area contributed by atoms with Crippen LogP contribution in [0.4, 0.5) is 10.6 Å². The van der Waals surface area contributed by atoms with Gasteiger partial charge in [-0.05, 0) is 32.8 Å². The molecule has 122 valence electrons. The predicted octanol–water partition coefficient (Wildman–Crippen LogP) is 2.34. The van der Waals surface area contributed by atoms with Gasteiger partial charge in [0.1, 0.15) is 5.60 Å². The Balaban J connectivity index is 1.79. The molecule has 0 fully saturated rings. The van der Waals surface area contributed by atoms with Crippen LogP contribution in [-0.2, 0) is 4.74 Å². The van der Waals surface area contributed by atoms with E-state index in [0.717, 1.165) is 17.7 Å². The minimum absolute atomic E-state index is 0.278. The van der Waals surface area contributed by atoms with E-state index in [2.05, 4.69) is 9.97 Å². The van der Waals surface area contributed by atoms with Gasteiger partial charge in [0.25, 0.3) is 0 Å². The van der Waals surface area contributed by atoms with Gasteiger partial charge in [-0.1, -0.05) is 6.08 Å². The number of nitrogen functional groups attached to an aromatic ring is 1. The quantitative estimate of drug-likeness (QED) is 0.873. The first-order chi connectivity index (χ1) is 10.8. The number of ether oxygens (including phenoxy) is 1. The Morgan fingerprint density at radius 2 is 2.13 bits per heavy atom. The van der Waals surface area contributed by atoms with Crippen molar-refractivity contribution < 1.29 is 9.53 Å². The largest absolute Gasteiger partial charge is 0.444 e. The summed E-state index contributed by atoms with van der Waals surface area (Å²) in [6.07, 6.45) is 7.80. The van der Waals surface area contributed by atoms with Crippen LogP contribution in [-0.4, -0.2) is 44.1 Å². The smallest absolute Gasteiger partial charge is 0.410 e. The molecule has 2 N–H and O–H groups in total. The Kier molecular flexibility index (Phi) is 3.71. The van der Waals surface area contributed by atoms with Gasteiger partial charge in [-0.3, -0.25) is 4.40 Å². The number of aromatic nitrogens is 3. The fourth-order valence-electron chi connectivity index (χ4n) is 2.57. The second-order valence-corrected chi connectivity index (χ2v) is 6.56. The van der Waals surface area contributed by atoms with Crippen molar-refractivity contribution in [3.63, 3.8) is 0 Å². The Morgan fingerprint density at radius 1 is 1.35 bits per heavy atom. The predicted molar refractivity (Wildman–Crippen MR) is 87.8 cm³/mol. The number of anilines is 1. The fourth-order valence-corrected chi connectivity index (χ4v) is 2.57. The molecule has 0 aromatic carbocycles. The van der Waals surface area contributed by atoms with Crippen LogP contribution in [0.2, 0.25) is 0 Å². The average Bonchev–Trinajstić information content (AvgIpc) is 2.91. The van der Waals surface area contributed by atoms with Crippen molar-refractivity contribution in [1.29, 1.82) is 0 Å². The highest BCUT2D eigenvalue weighted by Crippen LogP contribution is 2.25. The summed E-state index contributed by atoms with van der Waals surface area (Å²) in [7, 11) is 0. The molecule has 1 aliphatic rings. The van der Waals surface area contributed by atoms with E-state index in [1.165, 1.54) is 0 Å². The first kappa shape index (κ1) is 15.3. The van der Waals surface area contributed by atoms with Crippen molar-refractivity contribution in [2.24, 2.45) is 0 Å². The molecule has 0 saturated carbocycles. The molecule has 3 rings (SSSR count). The third-order valence-corrected chi connectivity index (χ3v) is 3.65. The van der Waals surface area contributed by atoms with E-state index in [4.69, 9.17) is 10.5 Å². The lowest BCUT2D eigenvalue weighted by atomic mass is 10.1. The number of hydrogen-bond acceptors (Lipinski definition) is 5. The van der Waals surface area contributed by atoms with Crippen molar-refractivity contribution in [2.45, 2.75) is 32.8 Å². The molecule has 2 aromatic rings. The minimum atomic E-state index is -0.479. The molecule has 3 heterocycles. The summed E-state index contributed by atoms with van der Waals surface area (Å²) in [5, 5.41) is 0. The molecule has 2 aromatic heterocycles. The Hall–Kier alpha value is -2.57. The summed E-state index contributed by atoms with van der Waals surface area (Å²) in [6, 6.07) is 0. The maximum Gasteiger partial charge on any atom is 0.410 e. The Bertz CT molecular complexity index is 772. The molecule has 1 amide bonds. The third kappa shape index (κ3) is 3.13. The van der Waals surface area contributed by atoms with E-state index >= 15 is 0 Å². The van der Waals surface area contributed by atoms with Gasteiger partial charge in [-0.25, -0.2) is 14.8 Å². The van der Waals surface area contributed by atoms with Crippen LogP contribution < -0.4 is 5.73 Å². The lowest BCUT2D eigenvalue weighted by molar-refractivity contribution is 0.0270. The van der Waals surface area contributed by atoms with Gasteiger partial charge in [0, 0.05) is 25.5 Å². The van der Waals surface area contributed by atoms with Crippen LogP contribution >= 0.6 is 0 Å². The van der Waals surface area contributed by atoms with Gasteiger partial charge in [0.15, 0.2) is 11.5 Å². The Labute approximate surface area is 134 Å². The molecule has 7 nitrogen and oxygen atoms in total. The number of nitrogens with zero attached hydrogens (tertiary/aromatic N) is 4. The van der Waals surface area contributed by atoms with E-state index in [1.807, 2.05) is 37.4 Å². The summed E-state index contributed by atoms with van der Waals surface area (Å²) in [6.45, 7) is 6.75. The SMILES string of the molecule is CC(C)(C)OC(=O)N1CC=C(c2cnc3c(N)nccn23)CC1. The molecule has 0 bridgehead atoms. The zero-order chi connectivity index (χ0) is 16.6. The minimum Gasteiger partial charge on any atom is -0.444 e. The monoisotopic (exact) mass is 315 g/mol. The van der Waals surface area contributed by atoms with Crippen molar-refractivity contribution >= 4 is 23.1 Å². The highest BCUT2D eigenvalue weighted by Gasteiger charge is 2.24. The lowest BCUT2D eigenvalue weighted by Gasteiger charge is -2.29. The van der Waals surface area contributed by atoms with E-state index in [9.17, 15) is 4.79 Å². The number of amides is 1. The number of hydrogen-bond donors (Lipinski definition) is 1. The lowest BCUT2D eigenvalue weighted by Crippen LogP contribution is -2.39. The van der Waals surface area contributed by atoms with Gasteiger partial charge in [-0.2, -0.15) is 0 Å². The normalized spacial score (nSPS) is 15.6. The maximum atomic E-state index is 12.1. The summed E-state index contributed by atoms with van der Waals surface area (Å²) in [5.41, 5.74) is 8.13. The van der Waals surface area contributed by atoms with Crippen LogP contribution in [0.3, 0.4) is 0 Å². The van der Waals surface area contributed by atoms with E-state index in [1.54, 1.807) is 17.3 Å². The highest BCUT2D eigenvalue weighted by atomic mass is 16.6. The maximum absolute atomic E-state index is 12.1. The average molecular weight is 315 g/mol. The summed E-state index contributed by atoms with van der Waals surface area (Å²) in [4.78, 5) is 22.2. The van der Waals surface area contributed by atoms with Crippen molar-refractivity contribution in [2.75, 3.05) is 18.8 Å². The number of carbonyl (C=O) groups is 1. The van der Waals surface area contributed by atoms with Gasteiger partial charge < -0.3 is 15.4 Å². The number of fused-ring (bicyclic) bond motifs is 1. The molecule has 0 spiro atoms. The molecular weight excluding hydrogens is 294 g/mol. The molecule has 0 radical (unpaired) electrons. The third-order valence-electron chi connectivity index (χ3n) is 3.65. The van der Waals surface area contributed by atoms with Crippen LogP contribution in [0, 0.1) is 0 Å². The van der Waals surface area contributed by atoms with Gasteiger partial charge >= 0.3 is 6.09 Å². The van der Waals surface area contributed by atoms with Gasteiger partial charge in [0.05, 0.1) is 11.9 Å². The topological polar surface area (TPSA) is 85.8 Å². The van der Waals surface area contributed by atoms with Crippen LogP contribution in [0.15, 0.2) is 24.7 Å². The molecular formula is C16H21N5O2. The van der Waals surface area contributed by atoms with E-state index < -0.39 is 5.60 Å². The molecule has 0 saturated heterocycles. The van der Waals surface area contributed by atoms with Gasteiger partial charge in [-0.15, -0.1) is 0 Å². The standard InChI is InChI=1S/C16H21N5O2/c1-16(2,3)23-15(22)20-7-4-11(5-8-20)12-10-19-14-13(17)18-6-9-21(12)14/h4,6,9-10H,5,7-8H2,1-3H3,(H2,17,18). The van der Waals surface area contributed by atoms with Gasteiger partial charge in [0.2, 0.25) is 0 Å². The molecule has 0 unspecified atom stereocenters. The second-order valence-electron chi connectivity index (χ2n) is 6.56. The van der Waals surface area contributed by atoms with E-state index in [-0.39, 0.29) is 6.09 Å². The second kappa shape index (κ2) is 5.57. The van der Waals surface area contributed by atoms with Crippen LogP contribution in [0.25, 0.3) is 11.2 Å². The molecule has 23 heavy (non-hydrogen) atoms. The summed E-state index contributed by atoms with van der Waals surface area (Å²) < 4.78 is 7.33.